The van der Waals surface area contributed by atoms with Gasteiger partial charge in [-0.3, -0.25) is 19.0 Å². The van der Waals surface area contributed by atoms with Crippen LogP contribution in [0, 0.1) is 18.8 Å². The lowest BCUT2D eigenvalue weighted by Gasteiger charge is -2.22. The zero-order chi connectivity index (χ0) is 42.8. The third-order valence-corrected chi connectivity index (χ3v) is 16.3. The average Bonchev–Trinajstić information content (AvgIpc) is 4.10. The van der Waals surface area contributed by atoms with E-state index < -0.39 is 66.6 Å². The second-order valence-electron chi connectivity index (χ2n) is 14.7. The Hall–Kier alpha value is -3.00. The third-order valence-electron chi connectivity index (χ3n) is 10.5. The van der Waals surface area contributed by atoms with Gasteiger partial charge in [-0.15, -0.1) is 0 Å². The van der Waals surface area contributed by atoms with Crippen LogP contribution in [0.4, 0.5) is 20.2 Å². The number of benzene rings is 2. The molecule has 0 radical (unpaired) electrons. The SMILES string of the molecule is Cn1c(Cc2ccc(I)cc2F)c(NS(=O)(=O)C2(C[C@@H](O)CO)CC2)ccc1=O.Cn1c(Cc2ccc(I)cc2F)c(NS(=O)(=O)C2(C[C@H](O)CO)CC2)ccc1=O. The molecule has 2 saturated carbocycles. The normalized spacial score (nSPS) is 16.4. The fourth-order valence-corrected chi connectivity index (χ4v) is 11.0. The first-order chi connectivity index (χ1) is 27.2. The smallest absolute Gasteiger partial charge is 0.250 e. The summed E-state index contributed by atoms with van der Waals surface area (Å²) in [6, 6.07) is 14.7. The van der Waals surface area contributed by atoms with Crippen LogP contribution in [0.25, 0.3) is 0 Å². The van der Waals surface area contributed by atoms with E-state index in [1.54, 1.807) is 24.3 Å². The van der Waals surface area contributed by atoms with Crippen molar-refractivity contribution in [3.05, 3.63) is 123 Å². The predicted molar refractivity (Wildman–Crippen MR) is 232 cm³/mol. The van der Waals surface area contributed by atoms with Gasteiger partial charge in [-0.25, -0.2) is 25.6 Å². The topological polar surface area (TPSA) is 217 Å². The molecule has 2 aromatic heterocycles. The molecule has 2 fully saturated rings. The van der Waals surface area contributed by atoms with Crippen molar-refractivity contribution < 1.29 is 46.0 Å². The van der Waals surface area contributed by atoms with E-state index in [-0.39, 0.29) is 48.2 Å². The van der Waals surface area contributed by atoms with Crippen LogP contribution in [0.15, 0.2) is 70.3 Å². The molecule has 2 atom stereocenters. The largest absolute Gasteiger partial charge is 0.394 e. The summed E-state index contributed by atoms with van der Waals surface area (Å²) in [5, 5.41) is 37.6. The Bertz CT molecular complexity index is 2340. The van der Waals surface area contributed by atoms with Gasteiger partial charge in [-0.2, -0.15) is 0 Å². The quantitative estimate of drug-likeness (QED) is 0.0899. The second kappa shape index (κ2) is 18.3. The van der Waals surface area contributed by atoms with Gasteiger partial charge in [-0.05, 0) is 131 Å². The molecule has 0 amide bonds. The number of sulfonamides is 2. The molecular weight excluding hydrogens is 1030 g/mol. The summed E-state index contributed by atoms with van der Waals surface area (Å²) in [5.41, 5.74) is 1.04. The first-order valence-corrected chi connectivity index (χ1v) is 23.2. The monoisotopic (exact) mass is 1070 g/mol. The Kier molecular flexibility index (Phi) is 14.6. The molecule has 2 aliphatic rings. The molecule has 58 heavy (non-hydrogen) atoms. The molecule has 20 heteroatoms. The van der Waals surface area contributed by atoms with Crippen LogP contribution in [-0.4, -0.2) is 81.3 Å². The average molecular weight is 1070 g/mol. The number of aliphatic hydroxyl groups excluding tert-OH is 4. The highest BCUT2D eigenvalue weighted by molar-refractivity contribution is 14.1. The zero-order valence-corrected chi connectivity index (χ0v) is 37.4. The van der Waals surface area contributed by atoms with Crippen LogP contribution in [0.2, 0.25) is 0 Å². The number of aromatic nitrogens is 2. The van der Waals surface area contributed by atoms with Crippen molar-refractivity contribution >= 4 is 76.6 Å². The van der Waals surface area contributed by atoms with Crippen LogP contribution in [0.3, 0.4) is 0 Å². The van der Waals surface area contributed by atoms with Gasteiger partial charge in [0.15, 0.2) is 0 Å². The molecule has 6 N–H and O–H groups in total. The van der Waals surface area contributed by atoms with Crippen LogP contribution < -0.4 is 20.6 Å². The van der Waals surface area contributed by atoms with Crippen molar-refractivity contribution in [3.63, 3.8) is 0 Å². The summed E-state index contributed by atoms with van der Waals surface area (Å²) in [4.78, 5) is 24.2. The summed E-state index contributed by atoms with van der Waals surface area (Å²) in [7, 11) is -4.79. The highest BCUT2D eigenvalue weighted by Gasteiger charge is 2.56. The van der Waals surface area contributed by atoms with Crippen LogP contribution in [0.5, 0.6) is 0 Å². The Morgan fingerprint density at radius 2 is 1.00 bits per heavy atom. The molecule has 0 bridgehead atoms. The summed E-state index contributed by atoms with van der Waals surface area (Å²) in [5.74, 6) is -0.876. The number of pyridine rings is 2. The first-order valence-electron chi connectivity index (χ1n) is 18.1. The van der Waals surface area contributed by atoms with Crippen molar-refractivity contribution in [1.29, 1.82) is 0 Å². The van der Waals surface area contributed by atoms with Gasteiger partial charge in [0.2, 0.25) is 20.0 Å². The minimum absolute atomic E-state index is 0.0272. The van der Waals surface area contributed by atoms with E-state index >= 15 is 0 Å². The summed E-state index contributed by atoms with van der Waals surface area (Å²) in [6.45, 7) is -1.04. The number of hydrogen-bond acceptors (Lipinski definition) is 10. The Labute approximate surface area is 361 Å². The van der Waals surface area contributed by atoms with Gasteiger partial charge in [0.1, 0.15) is 11.6 Å². The lowest BCUT2D eigenvalue weighted by molar-refractivity contribution is 0.0858. The summed E-state index contributed by atoms with van der Waals surface area (Å²) in [6.07, 6.45) is -0.892. The number of hydrogen-bond donors (Lipinski definition) is 6. The number of aliphatic hydroxyl groups is 4. The number of rotatable bonds is 16. The maximum Gasteiger partial charge on any atom is 0.250 e. The van der Waals surface area contributed by atoms with E-state index in [2.05, 4.69) is 9.44 Å². The predicted octanol–water partition coefficient (Wildman–Crippen LogP) is 3.47. The first kappa shape index (κ1) is 46.1. The number of nitrogens with zero attached hydrogens (tertiary/aromatic N) is 2. The molecule has 14 nitrogen and oxygen atoms in total. The maximum atomic E-state index is 14.3. The Morgan fingerprint density at radius 3 is 1.29 bits per heavy atom. The Balaban J connectivity index is 0.000000221. The molecule has 2 aliphatic carbocycles. The highest BCUT2D eigenvalue weighted by Crippen LogP contribution is 2.49. The molecule has 316 valence electrons. The highest BCUT2D eigenvalue weighted by atomic mass is 127. The van der Waals surface area contributed by atoms with Gasteiger partial charge in [0.05, 0.1) is 46.3 Å². The van der Waals surface area contributed by atoms with Gasteiger partial charge in [0, 0.05) is 57.6 Å². The molecular formula is C38H44F2I2N4O10S2. The van der Waals surface area contributed by atoms with Gasteiger partial charge in [0.25, 0.3) is 11.1 Å². The van der Waals surface area contributed by atoms with E-state index in [0.717, 1.165) is 7.14 Å². The van der Waals surface area contributed by atoms with Crippen LogP contribution in [-0.2, 0) is 47.0 Å². The molecule has 6 rings (SSSR count). The molecule has 0 unspecified atom stereocenters. The lowest BCUT2D eigenvalue weighted by atomic mass is 10.1. The third kappa shape index (κ3) is 10.5. The van der Waals surface area contributed by atoms with Crippen molar-refractivity contribution in [2.45, 2.75) is 73.1 Å². The molecule has 2 heterocycles. The fraction of sp³-hybridized carbons (Fsp3) is 0.421. The zero-order valence-electron chi connectivity index (χ0n) is 31.5. The minimum Gasteiger partial charge on any atom is -0.394 e. The van der Waals surface area contributed by atoms with Crippen molar-refractivity contribution in [2.24, 2.45) is 14.1 Å². The van der Waals surface area contributed by atoms with Crippen molar-refractivity contribution in [2.75, 3.05) is 22.7 Å². The maximum absolute atomic E-state index is 14.3. The summed E-state index contributed by atoms with van der Waals surface area (Å²) < 4.78 is 87.4. The standard InChI is InChI=1S/2C19H22FIN2O5S/c2*1-23-17(8-12-2-3-13(21)9-15(12)20)16(4-5-18(23)26)22-29(27,28)19(6-7-19)10-14(25)11-24/h2*2-5,9,14,22,24-25H,6-8,10-11H2,1H3/t2*14-/m10/s1. The fourth-order valence-electron chi connectivity index (χ4n) is 6.59. The second-order valence-corrected chi connectivity index (χ2v) is 21.3. The molecule has 0 spiro atoms. The number of nitrogens with one attached hydrogen (secondary N) is 2. The molecule has 4 aromatic rings. The van der Waals surface area contributed by atoms with Crippen molar-refractivity contribution in [3.8, 4) is 0 Å². The van der Waals surface area contributed by atoms with E-state index in [4.69, 9.17) is 10.2 Å². The van der Waals surface area contributed by atoms with Crippen LogP contribution >= 0.6 is 45.2 Å². The lowest BCUT2D eigenvalue weighted by Crippen LogP contribution is -2.35. The van der Waals surface area contributed by atoms with E-state index in [1.807, 2.05) is 45.2 Å². The number of halogens is 4. The molecule has 0 aliphatic heterocycles. The minimum atomic E-state index is -3.90. The van der Waals surface area contributed by atoms with E-state index in [9.17, 15) is 45.4 Å². The number of anilines is 2. The van der Waals surface area contributed by atoms with E-state index in [1.165, 1.54) is 59.6 Å². The Morgan fingerprint density at radius 1 is 0.655 bits per heavy atom. The molecule has 0 saturated heterocycles. The van der Waals surface area contributed by atoms with Crippen molar-refractivity contribution in [1.82, 2.24) is 9.13 Å². The van der Waals surface area contributed by atoms with Gasteiger partial charge >= 0.3 is 0 Å². The van der Waals surface area contributed by atoms with Gasteiger partial charge < -0.3 is 29.6 Å². The van der Waals surface area contributed by atoms with Crippen LogP contribution in [0.1, 0.15) is 61.0 Å². The van der Waals surface area contributed by atoms with Gasteiger partial charge in [-0.1, -0.05) is 12.1 Å². The molecule has 2 aromatic carbocycles. The van der Waals surface area contributed by atoms with E-state index in [0.29, 0.717) is 48.2 Å². The summed E-state index contributed by atoms with van der Waals surface area (Å²) >= 11 is 3.99.